The zero-order valence-electron chi connectivity index (χ0n) is 51.9. The minimum absolute atomic E-state index is 1.35. The molecule has 4 aromatic carbocycles. The van der Waals surface area contributed by atoms with E-state index in [1.165, 1.54) is 210 Å². The van der Waals surface area contributed by atoms with Crippen LogP contribution < -0.4 is 0 Å². The molecule has 80 heavy (non-hydrogen) atoms. The van der Waals surface area contributed by atoms with E-state index >= 15 is 0 Å². The smallest absolute Gasteiger partial charge is 0.0357 e. The molecule has 0 saturated heterocycles. The van der Waals surface area contributed by atoms with Crippen LogP contribution in [-0.4, -0.2) is 0 Å². The summed E-state index contributed by atoms with van der Waals surface area (Å²) < 4.78 is 5.68. The molecule has 0 spiro atoms. The van der Waals surface area contributed by atoms with Crippen LogP contribution in [0.5, 0.6) is 0 Å². The molecule has 0 N–H and O–H groups in total. The topological polar surface area (TPSA) is 0 Å². The van der Waals surface area contributed by atoms with Crippen LogP contribution in [0.3, 0.4) is 0 Å². The summed E-state index contributed by atoms with van der Waals surface area (Å²) in [4.78, 5) is 17.4. The van der Waals surface area contributed by atoms with Gasteiger partial charge in [-0.3, -0.25) is 0 Å². The van der Waals surface area contributed by atoms with Crippen molar-refractivity contribution in [3.63, 3.8) is 0 Å². The first-order chi connectivity index (χ1) is 37.6. The fourth-order valence-electron chi connectivity index (χ4n) is 12.7. The van der Waals surface area contributed by atoms with Gasteiger partial charge in [0.25, 0.3) is 0 Å². The number of hydrogen-bond acceptors (Lipinski definition) is 8. The third kappa shape index (κ3) is 11.0. The maximum atomic E-state index is 2.34. The van der Waals surface area contributed by atoms with Gasteiger partial charge >= 0.3 is 0 Å². The number of benzene rings is 4. The number of aryl methyl sites for hydroxylation is 20. The maximum Gasteiger partial charge on any atom is 0.0357 e. The van der Waals surface area contributed by atoms with Crippen LogP contribution in [0.4, 0.5) is 0 Å². The van der Waals surface area contributed by atoms with Gasteiger partial charge in [-0.15, -0.1) is 90.7 Å². The standard InChI is InChI=1S/2C22H22S2.2C14H18S2/c2*1-11-7-13(3)19-17(9-11)23-15(5)21(19)22-16(6)24-18-10-12(2)8-14(4)20(18)22;2*1-7-9(3)15-11(5)13(7)14-8(2)10(4)16-12(14)6/h2*7-10H,1-6H3;2*1-6H3. The Balaban J connectivity index is 0.000000132. The minimum atomic E-state index is 1.35. The third-order valence-corrected chi connectivity index (χ3v) is 25.2. The third-order valence-electron chi connectivity index (χ3n) is 16.5. The average Bonchev–Trinajstić information content (AvgIpc) is 4.43. The second-order valence-corrected chi connectivity index (χ2v) is 33.6. The van der Waals surface area contributed by atoms with Crippen molar-refractivity contribution in [2.75, 3.05) is 0 Å². The molecular formula is C72H80S8. The van der Waals surface area contributed by atoms with E-state index in [0.717, 1.165) is 0 Å². The van der Waals surface area contributed by atoms with Crippen LogP contribution in [0, 0.1) is 166 Å². The van der Waals surface area contributed by atoms with Gasteiger partial charge in [-0.2, -0.15) is 0 Å². The van der Waals surface area contributed by atoms with Crippen molar-refractivity contribution in [1.82, 2.24) is 0 Å². The number of fused-ring (bicyclic) bond motifs is 4. The maximum absolute atomic E-state index is 2.34. The van der Waals surface area contributed by atoms with Crippen LogP contribution in [-0.2, 0) is 0 Å². The molecule has 12 aromatic rings. The van der Waals surface area contributed by atoms with E-state index in [0.29, 0.717) is 0 Å². The van der Waals surface area contributed by atoms with Gasteiger partial charge in [0.05, 0.1) is 0 Å². The zero-order valence-corrected chi connectivity index (χ0v) is 58.4. The highest BCUT2D eigenvalue weighted by Gasteiger charge is 2.24. The second-order valence-electron chi connectivity index (χ2n) is 22.8. The molecule has 8 heteroatoms. The molecular weight excluding hydrogens is 1120 g/mol. The van der Waals surface area contributed by atoms with Crippen molar-refractivity contribution >= 4 is 131 Å². The number of rotatable bonds is 4. The Hall–Kier alpha value is -4.48. The first kappa shape index (κ1) is 60.1. The molecule has 0 bridgehead atoms. The molecule has 0 aliphatic carbocycles. The largest absolute Gasteiger partial charge is 0.145 e. The Morgan fingerprint density at radius 1 is 0.175 bits per heavy atom. The van der Waals surface area contributed by atoms with Crippen molar-refractivity contribution in [2.45, 2.75) is 166 Å². The van der Waals surface area contributed by atoms with Crippen molar-refractivity contribution < 1.29 is 0 Å². The monoisotopic (exact) mass is 1200 g/mol. The van der Waals surface area contributed by atoms with Crippen LogP contribution in [0.1, 0.15) is 125 Å². The van der Waals surface area contributed by atoms with E-state index in [1.807, 2.05) is 90.7 Å². The predicted octanol–water partition coefficient (Wildman–Crippen LogP) is 25.9. The zero-order chi connectivity index (χ0) is 58.4. The molecule has 0 nitrogen and oxygen atoms in total. The normalized spacial score (nSPS) is 11.5. The van der Waals surface area contributed by atoms with Crippen molar-refractivity contribution in [3.8, 4) is 44.5 Å². The summed E-state index contributed by atoms with van der Waals surface area (Å²) in [6.45, 7) is 53.8. The van der Waals surface area contributed by atoms with Crippen molar-refractivity contribution in [3.05, 3.63) is 174 Å². The summed E-state index contributed by atoms with van der Waals surface area (Å²) in [5, 5.41) is 5.80. The second kappa shape index (κ2) is 23.3. The quantitative estimate of drug-likeness (QED) is 0.165. The molecule has 8 aromatic heterocycles. The van der Waals surface area contributed by atoms with Gasteiger partial charge in [0, 0.05) is 121 Å². The fourth-order valence-corrected chi connectivity index (χ4v) is 22.0. The van der Waals surface area contributed by atoms with Gasteiger partial charge in [-0.1, -0.05) is 24.3 Å². The predicted molar refractivity (Wildman–Crippen MR) is 374 cm³/mol. The molecule has 12 rings (SSSR count). The van der Waals surface area contributed by atoms with E-state index in [2.05, 4.69) is 215 Å². The summed E-state index contributed by atoms with van der Waals surface area (Å²) in [5.74, 6) is 0. The first-order valence-electron chi connectivity index (χ1n) is 27.9. The summed E-state index contributed by atoms with van der Waals surface area (Å²) in [6.07, 6.45) is 0. The highest BCUT2D eigenvalue weighted by molar-refractivity contribution is 7.22. The Morgan fingerprint density at radius 2 is 0.338 bits per heavy atom. The van der Waals surface area contributed by atoms with Crippen LogP contribution >= 0.6 is 90.7 Å². The SMILES string of the molecule is Cc1cc(C)c2c(-c3c(C)sc4cc(C)cc(C)c34)c(C)sc2c1.Cc1cc(C)c2c(-c3c(C)sc4cc(C)cc(C)c34)c(C)sc2c1.Cc1sc(C)c(-c2c(C)sc(C)c2C)c1C.Cc1sc(C)c(-c2c(C)sc(C)c2C)c1C. The van der Waals surface area contributed by atoms with Gasteiger partial charge in [0.1, 0.15) is 0 Å². The molecule has 0 aliphatic rings. The lowest BCUT2D eigenvalue weighted by molar-refractivity contribution is 1.37. The van der Waals surface area contributed by atoms with Crippen molar-refractivity contribution in [1.29, 1.82) is 0 Å². The fraction of sp³-hybridized carbons (Fsp3) is 0.333. The molecule has 8 heterocycles. The minimum Gasteiger partial charge on any atom is -0.145 e. The van der Waals surface area contributed by atoms with E-state index < -0.39 is 0 Å². The number of thiophene rings is 8. The number of hydrogen-bond donors (Lipinski definition) is 0. The Kier molecular flexibility index (Phi) is 17.5. The summed E-state index contributed by atoms with van der Waals surface area (Å²) in [6, 6.07) is 18.6. The molecule has 0 aliphatic heterocycles. The lowest BCUT2D eigenvalue weighted by Crippen LogP contribution is -1.86. The lowest BCUT2D eigenvalue weighted by Gasteiger charge is -2.08. The van der Waals surface area contributed by atoms with E-state index in [9.17, 15) is 0 Å². The van der Waals surface area contributed by atoms with Gasteiger partial charge in [0.15, 0.2) is 0 Å². The molecule has 0 saturated carbocycles. The van der Waals surface area contributed by atoms with Gasteiger partial charge in [0.2, 0.25) is 0 Å². The Labute approximate surface area is 510 Å². The summed E-state index contributed by atoms with van der Waals surface area (Å²) >= 11 is 15.4. The summed E-state index contributed by atoms with van der Waals surface area (Å²) in [7, 11) is 0. The van der Waals surface area contributed by atoms with Gasteiger partial charge in [-0.25, -0.2) is 0 Å². The van der Waals surface area contributed by atoms with E-state index in [4.69, 9.17) is 0 Å². The van der Waals surface area contributed by atoms with E-state index in [1.54, 1.807) is 0 Å². The van der Waals surface area contributed by atoms with Crippen molar-refractivity contribution in [2.24, 2.45) is 0 Å². The van der Waals surface area contributed by atoms with Crippen LogP contribution in [0.2, 0.25) is 0 Å². The first-order valence-corrected chi connectivity index (χ1v) is 34.4. The molecule has 0 radical (unpaired) electrons. The lowest BCUT2D eigenvalue weighted by atomic mass is 9.94. The van der Waals surface area contributed by atoms with Gasteiger partial charge in [-0.05, 0) is 279 Å². The highest BCUT2D eigenvalue weighted by Crippen LogP contribution is 2.51. The van der Waals surface area contributed by atoms with E-state index in [-0.39, 0.29) is 0 Å². The highest BCUT2D eigenvalue weighted by atomic mass is 32.1. The molecule has 0 atom stereocenters. The molecule has 0 fully saturated rings. The van der Waals surface area contributed by atoms with Crippen LogP contribution in [0.15, 0.2) is 48.5 Å². The average molecular weight is 1200 g/mol. The Morgan fingerprint density at radius 3 is 0.487 bits per heavy atom. The summed E-state index contributed by atoms with van der Waals surface area (Å²) in [5.41, 5.74) is 28.7. The van der Waals surface area contributed by atoms with Crippen LogP contribution in [0.25, 0.3) is 84.9 Å². The van der Waals surface area contributed by atoms with Gasteiger partial charge < -0.3 is 0 Å². The Bertz CT molecular complexity index is 3820. The molecule has 416 valence electrons. The molecule has 0 unspecified atom stereocenters. The molecule has 0 amide bonds.